The van der Waals surface area contributed by atoms with Crippen molar-refractivity contribution in [2.75, 3.05) is 7.11 Å². The second kappa shape index (κ2) is 6.88. The molecule has 2 nitrogen and oxygen atoms in total. The summed E-state index contributed by atoms with van der Waals surface area (Å²) in [5.41, 5.74) is 3.33. The summed E-state index contributed by atoms with van der Waals surface area (Å²) in [5, 5.41) is 0. The first-order valence-electron chi connectivity index (χ1n) is 7.34. The highest BCUT2D eigenvalue weighted by atomic mass is 79.9. The number of benzene rings is 3. The zero-order valence-electron chi connectivity index (χ0n) is 13.0. The van der Waals surface area contributed by atoms with E-state index in [1.807, 2.05) is 67.6 Å². The van der Waals surface area contributed by atoms with Crippen LogP contribution in [-0.4, -0.2) is 7.11 Å². The summed E-state index contributed by atoms with van der Waals surface area (Å²) in [6.45, 7) is 2.04. The van der Waals surface area contributed by atoms with Crippen LogP contribution >= 0.6 is 15.9 Å². The van der Waals surface area contributed by atoms with E-state index < -0.39 is 0 Å². The van der Waals surface area contributed by atoms with Crippen molar-refractivity contribution < 1.29 is 9.47 Å². The number of ether oxygens (including phenoxy) is 2. The fraction of sp³-hybridized carbons (Fsp3) is 0.100. The van der Waals surface area contributed by atoms with Crippen LogP contribution in [0, 0.1) is 6.92 Å². The van der Waals surface area contributed by atoms with Gasteiger partial charge in [-0.05, 0) is 66.1 Å². The number of hydrogen-bond donors (Lipinski definition) is 0. The van der Waals surface area contributed by atoms with E-state index in [0.29, 0.717) is 0 Å². The Bertz CT molecular complexity index is 810. The Labute approximate surface area is 144 Å². The van der Waals surface area contributed by atoms with Crippen LogP contribution in [0.4, 0.5) is 0 Å². The van der Waals surface area contributed by atoms with E-state index in [1.54, 1.807) is 7.11 Å². The summed E-state index contributed by atoms with van der Waals surface area (Å²) in [6.07, 6.45) is 0. The molecule has 0 aliphatic rings. The lowest BCUT2D eigenvalue weighted by atomic mass is 10.1. The van der Waals surface area contributed by atoms with Crippen molar-refractivity contribution >= 4 is 15.9 Å². The van der Waals surface area contributed by atoms with Crippen LogP contribution in [0.15, 0.2) is 71.2 Å². The second-order valence-corrected chi connectivity index (χ2v) is 6.18. The minimum Gasteiger partial charge on any atom is -0.497 e. The number of hydrogen-bond acceptors (Lipinski definition) is 2. The summed E-state index contributed by atoms with van der Waals surface area (Å²) in [5.74, 6) is 2.54. The Hall–Kier alpha value is -2.26. The highest BCUT2D eigenvalue weighted by Gasteiger charge is 2.04. The van der Waals surface area contributed by atoms with E-state index in [2.05, 4.69) is 22.0 Å². The summed E-state index contributed by atoms with van der Waals surface area (Å²) in [7, 11) is 1.67. The Kier molecular flexibility index (Phi) is 4.68. The van der Waals surface area contributed by atoms with Gasteiger partial charge in [-0.1, -0.05) is 40.2 Å². The molecule has 0 heterocycles. The molecule has 116 valence electrons. The molecule has 0 unspecified atom stereocenters. The first kappa shape index (κ1) is 15.6. The van der Waals surface area contributed by atoms with Crippen molar-refractivity contribution in [3.05, 3.63) is 76.8 Å². The van der Waals surface area contributed by atoms with Gasteiger partial charge in [0.25, 0.3) is 0 Å². The van der Waals surface area contributed by atoms with Gasteiger partial charge in [0, 0.05) is 4.47 Å². The molecule has 3 heteroatoms. The molecule has 0 saturated carbocycles. The summed E-state index contributed by atoms with van der Waals surface area (Å²) >= 11 is 3.47. The first-order chi connectivity index (χ1) is 11.2. The zero-order chi connectivity index (χ0) is 16.2. The van der Waals surface area contributed by atoms with E-state index in [9.17, 15) is 0 Å². The molecule has 0 radical (unpaired) electrons. The quantitative estimate of drug-likeness (QED) is 0.543. The third-order valence-electron chi connectivity index (χ3n) is 3.62. The predicted molar refractivity (Wildman–Crippen MR) is 97.4 cm³/mol. The molecule has 0 aliphatic carbocycles. The Balaban J connectivity index is 1.87. The molecule has 0 saturated heterocycles. The van der Waals surface area contributed by atoms with Crippen molar-refractivity contribution in [3.8, 4) is 28.4 Å². The minimum absolute atomic E-state index is 0.823. The van der Waals surface area contributed by atoms with E-state index in [-0.39, 0.29) is 0 Å². The van der Waals surface area contributed by atoms with E-state index in [0.717, 1.165) is 38.4 Å². The molecule has 0 spiro atoms. The van der Waals surface area contributed by atoms with E-state index in [1.165, 1.54) is 0 Å². The molecule has 0 N–H and O–H groups in total. The van der Waals surface area contributed by atoms with Crippen LogP contribution in [0.25, 0.3) is 11.1 Å². The lowest BCUT2D eigenvalue weighted by Crippen LogP contribution is -1.88. The lowest BCUT2D eigenvalue weighted by molar-refractivity contribution is 0.415. The number of halogens is 1. The van der Waals surface area contributed by atoms with E-state index in [4.69, 9.17) is 9.47 Å². The van der Waals surface area contributed by atoms with Crippen LogP contribution < -0.4 is 9.47 Å². The van der Waals surface area contributed by atoms with Crippen molar-refractivity contribution in [2.24, 2.45) is 0 Å². The molecular weight excluding hydrogens is 352 g/mol. The van der Waals surface area contributed by atoms with Crippen LogP contribution in [0.3, 0.4) is 0 Å². The minimum atomic E-state index is 0.823. The Morgan fingerprint density at radius 1 is 0.783 bits per heavy atom. The predicted octanol–water partition coefficient (Wildman–Crippen LogP) is 6.23. The van der Waals surface area contributed by atoms with Crippen molar-refractivity contribution in [1.82, 2.24) is 0 Å². The molecule has 0 amide bonds. The molecule has 0 bridgehead atoms. The highest BCUT2D eigenvalue weighted by Crippen LogP contribution is 2.30. The average Bonchev–Trinajstić information content (AvgIpc) is 2.58. The molecule has 3 aromatic rings. The molecule has 0 aliphatic heterocycles. The second-order valence-electron chi connectivity index (χ2n) is 5.27. The molecule has 3 aromatic carbocycles. The average molecular weight is 369 g/mol. The van der Waals surface area contributed by atoms with Crippen LogP contribution in [0.1, 0.15) is 5.56 Å². The maximum atomic E-state index is 6.03. The van der Waals surface area contributed by atoms with Crippen molar-refractivity contribution in [2.45, 2.75) is 6.92 Å². The van der Waals surface area contributed by atoms with Gasteiger partial charge >= 0.3 is 0 Å². The molecule has 0 aromatic heterocycles. The normalized spacial score (nSPS) is 10.4. The van der Waals surface area contributed by atoms with Gasteiger partial charge in [0.1, 0.15) is 17.2 Å². The van der Waals surface area contributed by atoms with E-state index >= 15 is 0 Å². The monoisotopic (exact) mass is 368 g/mol. The molecule has 0 atom stereocenters. The third-order valence-corrected chi connectivity index (χ3v) is 4.12. The summed E-state index contributed by atoms with van der Waals surface area (Å²) in [4.78, 5) is 0. The summed E-state index contributed by atoms with van der Waals surface area (Å²) < 4.78 is 12.3. The maximum Gasteiger partial charge on any atom is 0.130 e. The SMILES string of the molecule is COc1ccc(-c2cccc(Oc3ccc(Br)cc3C)c2)cc1. The van der Waals surface area contributed by atoms with Gasteiger partial charge < -0.3 is 9.47 Å². The highest BCUT2D eigenvalue weighted by molar-refractivity contribution is 9.10. The largest absolute Gasteiger partial charge is 0.497 e. The smallest absolute Gasteiger partial charge is 0.130 e. The Morgan fingerprint density at radius 3 is 2.26 bits per heavy atom. The van der Waals surface area contributed by atoms with Gasteiger partial charge in [-0.2, -0.15) is 0 Å². The van der Waals surface area contributed by atoms with Crippen LogP contribution in [0.2, 0.25) is 0 Å². The van der Waals surface area contributed by atoms with Gasteiger partial charge in [-0.15, -0.1) is 0 Å². The molecular formula is C20H17BrO2. The number of aryl methyl sites for hydroxylation is 1. The number of methoxy groups -OCH3 is 1. The lowest BCUT2D eigenvalue weighted by Gasteiger charge is -2.11. The van der Waals surface area contributed by atoms with Gasteiger partial charge in [-0.25, -0.2) is 0 Å². The van der Waals surface area contributed by atoms with Crippen molar-refractivity contribution in [1.29, 1.82) is 0 Å². The first-order valence-corrected chi connectivity index (χ1v) is 8.13. The third kappa shape index (κ3) is 3.74. The molecule has 0 fully saturated rings. The fourth-order valence-corrected chi connectivity index (χ4v) is 2.85. The summed E-state index contributed by atoms with van der Waals surface area (Å²) in [6, 6.07) is 22.1. The number of rotatable bonds is 4. The van der Waals surface area contributed by atoms with Gasteiger partial charge in [0.2, 0.25) is 0 Å². The van der Waals surface area contributed by atoms with Crippen molar-refractivity contribution in [3.63, 3.8) is 0 Å². The van der Waals surface area contributed by atoms with Gasteiger partial charge in [0.05, 0.1) is 7.11 Å². The van der Waals surface area contributed by atoms with Gasteiger partial charge in [0.15, 0.2) is 0 Å². The molecule has 3 rings (SSSR count). The van der Waals surface area contributed by atoms with Crippen LogP contribution in [-0.2, 0) is 0 Å². The fourth-order valence-electron chi connectivity index (χ4n) is 2.38. The topological polar surface area (TPSA) is 18.5 Å². The standard InChI is InChI=1S/C20H17BrO2/c1-14-12-17(21)8-11-20(14)23-19-5-3-4-16(13-19)15-6-9-18(22-2)10-7-15/h3-13H,1-2H3. The Morgan fingerprint density at radius 2 is 1.57 bits per heavy atom. The van der Waals surface area contributed by atoms with Gasteiger partial charge in [-0.3, -0.25) is 0 Å². The zero-order valence-corrected chi connectivity index (χ0v) is 14.6. The molecule has 23 heavy (non-hydrogen) atoms. The maximum absolute atomic E-state index is 6.03. The van der Waals surface area contributed by atoms with Crippen LogP contribution in [0.5, 0.6) is 17.2 Å².